The predicted octanol–water partition coefficient (Wildman–Crippen LogP) is 2.11. The molecular formula is C21H27ClN6O3. The molecule has 10 heteroatoms. The van der Waals surface area contributed by atoms with Crippen LogP contribution in [0, 0.1) is 5.92 Å². The maximum atomic E-state index is 12.8. The highest BCUT2D eigenvalue weighted by Gasteiger charge is 2.30. The van der Waals surface area contributed by atoms with Gasteiger partial charge < -0.3 is 21.5 Å². The van der Waals surface area contributed by atoms with Crippen LogP contribution in [0.15, 0.2) is 24.3 Å². The molecule has 1 aliphatic rings. The van der Waals surface area contributed by atoms with Crippen LogP contribution < -0.4 is 16.8 Å². The monoisotopic (exact) mass is 446 g/mol. The third kappa shape index (κ3) is 5.42. The van der Waals surface area contributed by atoms with E-state index in [9.17, 15) is 9.59 Å². The lowest BCUT2D eigenvalue weighted by atomic mass is 9.89. The van der Waals surface area contributed by atoms with E-state index in [1.54, 1.807) is 12.1 Å². The van der Waals surface area contributed by atoms with Crippen LogP contribution in [0.2, 0.25) is 5.15 Å². The molecule has 1 aliphatic heterocycles. The number of nitrogen functional groups attached to an aromatic ring is 2. The lowest BCUT2D eigenvalue weighted by molar-refractivity contribution is 0.0600. The number of anilines is 2. The van der Waals surface area contributed by atoms with Crippen molar-refractivity contribution in [2.24, 2.45) is 5.92 Å². The number of carbonyl (C=O) groups is 2. The number of rotatable bonds is 6. The molecule has 1 aromatic heterocycles. The van der Waals surface area contributed by atoms with Crippen LogP contribution in [0.3, 0.4) is 0 Å². The Morgan fingerprint density at radius 3 is 2.58 bits per heavy atom. The summed E-state index contributed by atoms with van der Waals surface area (Å²) in [7, 11) is 1.36. The molecule has 2 unspecified atom stereocenters. The van der Waals surface area contributed by atoms with Crippen molar-refractivity contribution >= 4 is 35.1 Å². The van der Waals surface area contributed by atoms with Gasteiger partial charge in [-0.3, -0.25) is 9.69 Å². The van der Waals surface area contributed by atoms with Gasteiger partial charge in [-0.1, -0.05) is 37.1 Å². The number of nitrogens with one attached hydrogen (secondary N) is 1. The smallest absolute Gasteiger partial charge is 0.337 e. The Morgan fingerprint density at radius 2 is 1.94 bits per heavy atom. The largest absolute Gasteiger partial charge is 0.465 e. The van der Waals surface area contributed by atoms with E-state index < -0.39 is 5.91 Å². The van der Waals surface area contributed by atoms with Crippen molar-refractivity contribution < 1.29 is 14.3 Å². The lowest BCUT2D eigenvalue weighted by Crippen LogP contribution is -2.52. The number of carbonyl (C=O) groups excluding carboxylic acids is 2. The molecule has 0 aliphatic carbocycles. The first-order valence-electron chi connectivity index (χ1n) is 10.1. The van der Waals surface area contributed by atoms with Crippen LogP contribution in [0.25, 0.3) is 0 Å². The first-order chi connectivity index (χ1) is 14.8. The number of hydrogen-bond acceptors (Lipinski definition) is 8. The van der Waals surface area contributed by atoms with Crippen molar-refractivity contribution in [2.75, 3.05) is 31.7 Å². The van der Waals surface area contributed by atoms with Crippen LogP contribution in [0.5, 0.6) is 0 Å². The minimum atomic E-state index is -0.417. The summed E-state index contributed by atoms with van der Waals surface area (Å²) < 4.78 is 4.74. The number of aromatic nitrogens is 2. The Kier molecular flexibility index (Phi) is 7.29. The quantitative estimate of drug-likeness (QED) is 0.574. The zero-order valence-corrected chi connectivity index (χ0v) is 18.4. The van der Waals surface area contributed by atoms with E-state index in [1.165, 1.54) is 7.11 Å². The van der Waals surface area contributed by atoms with Gasteiger partial charge in [0.15, 0.2) is 22.5 Å². The van der Waals surface area contributed by atoms with Gasteiger partial charge in [0.1, 0.15) is 0 Å². The molecule has 1 amide bonds. The van der Waals surface area contributed by atoms with Gasteiger partial charge in [-0.15, -0.1) is 0 Å². The number of likely N-dealkylation sites (tertiary alicyclic amines) is 1. The molecule has 3 rings (SSSR count). The first kappa shape index (κ1) is 22.8. The maximum Gasteiger partial charge on any atom is 0.337 e. The molecule has 0 bridgehead atoms. The Labute approximate surface area is 186 Å². The number of halogens is 1. The number of esters is 1. The van der Waals surface area contributed by atoms with Crippen molar-refractivity contribution in [2.45, 2.75) is 32.4 Å². The highest BCUT2D eigenvalue weighted by atomic mass is 35.5. The normalized spacial score (nSPS) is 19.1. The highest BCUT2D eigenvalue weighted by molar-refractivity contribution is 6.31. The molecule has 1 saturated heterocycles. The number of amides is 1. The summed E-state index contributed by atoms with van der Waals surface area (Å²) in [5.74, 6) is -0.502. The van der Waals surface area contributed by atoms with Gasteiger partial charge in [0.05, 0.1) is 12.7 Å². The molecule has 31 heavy (non-hydrogen) atoms. The molecule has 0 saturated carbocycles. The van der Waals surface area contributed by atoms with Crippen LogP contribution in [-0.4, -0.2) is 53.0 Å². The van der Waals surface area contributed by atoms with Gasteiger partial charge in [0, 0.05) is 19.1 Å². The van der Waals surface area contributed by atoms with Crippen LogP contribution >= 0.6 is 11.6 Å². The lowest BCUT2D eigenvalue weighted by Gasteiger charge is -2.38. The fraction of sp³-hybridized carbons (Fsp3) is 0.429. The van der Waals surface area contributed by atoms with E-state index >= 15 is 0 Å². The van der Waals surface area contributed by atoms with E-state index in [1.807, 2.05) is 12.1 Å². The van der Waals surface area contributed by atoms with Crippen molar-refractivity contribution in [3.05, 3.63) is 46.2 Å². The van der Waals surface area contributed by atoms with Crippen LogP contribution in [0.4, 0.5) is 11.6 Å². The maximum absolute atomic E-state index is 12.8. The summed E-state index contributed by atoms with van der Waals surface area (Å²) in [5, 5.41) is 3.00. The minimum absolute atomic E-state index is 0.00999. The fourth-order valence-electron chi connectivity index (χ4n) is 3.83. The second-order valence-corrected chi connectivity index (χ2v) is 7.95. The van der Waals surface area contributed by atoms with E-state index in [0.29, 0.717) is 24.6 Å². The van der Waals surface area contributed by atoms with Crippen molar-refractivity contribution in [1.82, 2.24) is 20.2 Å². The summed E-state index contributed by atoms with van der Waals surface area (Å²) in [6, 6.07) is 7.27. The molecule has 166 valence electrons. The first-order valence-corrected chi connectivity index (χ1v) is 10.5. The fourth-order valence-corrected chi connectivity index (χ4v) is 3.96. The van der Waals surface area contributed by atoms with Crippen molar-refractivity contribution in [1.29, 1.82) is 0 Å². The Balaban J connectivity index is 1.68. The van der Waals surface area contributed by atoms with E-state index in [0.717, 1.165) is 24.9 Å². The number of methoxy groups -OCH3 is 1. The minimum Gasteiger partial charge on any atom is -0.465 e. The Hall–Kier alpha value is -2.91. The molecule has 2 heterocycles. The zero-order valence-electron chi connectivity index (χ0n) is 17.6. The topological polar surface area (TPSA) is 136 Å². The zero-order chi connectivity index (χ0) is 22.5. The molecule has 0 radical (unpaired) electrons. The SMILES string of the molecule is CCC1CCN(Cc2ccc(C(=O)OC)cc2)CC1NC(=O)c1nc(Cl)c(N)nc1N. The van der Waals surface area contributed by atoms with Crippen LogP contribution in [-0.2, 0) is 11.3 Å². The van der Waals surface area contributed by atoms with E-state index in [2.05, 4.69) is 27.1 Å². The molecule has 2 aromatic rings. The van der Waals surface area contributed by atoms with Gasteiger partial charge in [-0.2, -0.15) is 0 Å². The standard InChI is InChI=1S/C21H27ClN6O3/c1-3-13-8-9-28(10-12-4-6-14(7-5-12)21(30)31-2)11-15(13)25-20(29)16-18(23)27-19(24)17(22)26-16/h4-7,13,15H,3,8-11H2,1-2H3,(H,25,29)(H4,23,24,27). The Bertz CT molecular complexity index is 953. The summed E-state index contributed by atoms with van der Waals surface area (Å²) >= 11 is 5.91. The second kappa shape index (κ2) is 9.93. The van der Waals surface area contributed by atoms with Gasteiger partial charge >= 0.3 is 5.97 Å². The molecule has 5 N–H and O–H groups in total. The van der Waals surface area contributed by atoms with Crippen molar-refractivity contribution in [3.8, 4) is 0 Å². The van der Waals surface area contributed by atoms with Crippen LogP contribution in [0.1, 0.15) is 46.2 Å². The Morgan fingerprint density at radius 1 is 1.23 bits per heavy atom. The predicted molar refractivity (Wildman–Crippen MR) is 119 cm³/mol. The molecule has 0 spiro atoms. The molecular weight excluding hydrogens is 420 g/mol. The average Bonchev–Trinajstić information content (AvgIpc) is 2.76. The number of nitrogens with two attached hydrogens (primary N) is 2. The van der Waals surface area contributed by atoms with Gasteiger partial charge in [-0.05, 0) is 36.6 Å². The van der Waals surface area contributed by atoms with E-state index in [4.69, 9.17) is 27.8 Å². The third-order valence-corrected chi connectivity index (χ3v) is 5.86. The number of nitrogens with zero attached hydrogens (tertiary/aromatic N) is 3. The number of piperidine rings is 1. The molecule has 9 nitrogen and oxygen atoms in total. The summed E-state index contributed by atoms with van der Waals surface area (Å²) in [6.07, 6.45) is 1.89. The number of hydrogen-bond donors (Lipinski definition) is 3. The number of benzene rings is 1. The highest BCUT2D eigenvalue weighted by Crippen LogP contribution is 2.24. The second-order valence-electron chi connectivity index (χ2n) is 7.59. The van der Waals surface area contributed by atoms with Gasteiger partial charge in [-0.25, -0.2) is 14.8 Å². The summed E-state index contributed by atoms with van der Waals surface area (Å²) in [4.78, 5) is 34.5. The third-order valence-electron chi connectivity index (χ3n) is 5.58. The average molecular weight is 447 g/mol. The molecule has 2 atom stereocenters. The summed E-state index contributed by atoms with van der Waals surface area (Å²) in [5.41, 5.74) is 13.0. The van der Waals surface area contributed by atoms with Crippen molar-refractivity contribution in [3.63, 3.8) is 0 Å². The molecule has 1 fully saturated rings. The van der Waals surface area contributed by atoms with E-state index in [-0.39, 0.29) is 34.5 Å². The summed E-state index contributed by atoms with van der Waals surface area (Å²) in [6.45, 7) is 4.41. The van der Waals surface area contributed by atoms with Gasteiger partial charge in [0.25, 0.3) is 5.91 Å². The molecule has 1 aromatic carbocycles. The number of ether oxygens (including phenoxy) is 1. The van der Waals surface area contributed by atoms with Gasteiger partial charge in [0.2, 0.25) is 0 Å².